The Balaban J connectivity index is 1.83. The first-order valence-electron chi connectivity index (χ1n) is 8.63. The molecule has 0 amide bonds. The molecule has 4 nitrogen and oxygen atoms in total. The van der Waals surface area contributed by atoms with Crippen LogP contribution in [0.5, 0.6) is 5.75 Å². The summed E-state index contributed by atoms with van der Waals surface area (Å²) in [5.41, 5.74) is 1.61. The average Bonchev–Trinajstić information content (AvgIpc) is 3.00. The first-order valence-corrected chi connectivity index (χ1v) is 9.78. The molecule has 2 N–H and O–H groups in total. The second-order valence-corrected chi connectivity index (χ2v) is 7.59. The molecule has 29 heavy (non-hydrogen) atoms. The molecule has 9 heteroatoms. The number of rotatable bonds is 7. The Morgan fingerprint density at radius 2 is 1.79 bits per heavy atom. The number of hydrogen-bond acceptors (Lipinski definition) is 5. The third-order valence-electron chi connectivity index (χ3n) is 4.22. The van der Waals surface area contributed by atoms with Crippen molar-refractivity contribution >= 4 is 23.1 Å². The van der Waals surface area contributed by atoms with Crippen molar-refractivity contribution in [1.29, 1.82) is 0 Å². The van der Waals surface area contributed by atoms with Gasteiger partial charge in [0, 0.05) is 17.5 Å². The van der Waals surface area contributed by atoms with E-state index in [1.54, 1.807) is 19.1 Å². The fraction of sp³-hybridized carbons (Fsp3) is 0.250. The Kier molecular flexibility index (Phi) is 6.79. The van der Waals surface area contributed by atoms with Gasteiger partial charge in [-0.25, -0.2) is 13.2 Å². The van der Waals surface area contributed by atoms with Crippen LogP contribution >= 0.6 is 23.1 Å². The Bertz CT molecular complexity index is 1000. The third-order valence-corrected chi connectivity index (χ3v) is 5.56. The van der Waals surface area contributed by atoms with Crippen LogP contribution in [0.2, 0.25) is 5.15 Å². The van der Waals surface area contributed by atoms with E-state index in [9.17, 15) is 13.2 Å². The zero-order chi connectivity index (χ0) is 21.1. The van der Waals surface area contributed by atoms with Gasteiger partial charge in [-0.2, -0.15) is 4.37 Å². The van der Waals surface area contributed by atoms with Crippen LogP contribution in [-0.2, 0) is 13.0 Å². The second-order valence-electron chi connectivity index (χ2n) is 6.46. The topological polar surface area (TPSA) is 62.6 Å². The van der Waals surface area contributed by atoms with Crippen molar-refractivity contribution in [2.24, 2.45) is 0 Å². The van der Waals surface area contributed by atoms with Gasteiger partial charge in [0.05, 0.1) is 4.88 Å². The lowest BCUT2D eigenvalue weighted by atomic mass is 10.1. The minimum Gasteiger partial charge on any atom is -0.483 e. The number of hydrogen-bond donors (Lipinski definition) is 2. The minimum atomic E-state index is -1.56. The van der Waals surface area contributed by atoms with E-state index in [2.05, 4.69) is 4.37 Å². The van der Waals surface area contributed by atoms with Gasteiger partial charge < -0.3 is 14.9 Å². The summed E-state index contributed by atoms with van der Waals surface area (Å²) in [7, 11) is 0. The van der Waals surface area contributed by atoms with Gasteiger partial charge >= 0.3 is 0 Å². The minimum absolute atomic E-state index is 0.0548. The molecule has 3 aromatic rings. The van der Waals surface area contributed by atoms with Gasteiger partial charge in [0.2, 0.25) is 0 Å². The van der Waals surface area contributed by atoms with Crippen molar-refractivity contribution < 1.29 is 28.1 Å². The van der Waals surface area contributed by atoms with Gasteiger partial charge in [-0.15, -0.1) is 0 Å². The van der Waals surface area contributed by atoms with Gasteiger partial charge in [0.15, 0.2) is 23.7 Å². The first-order chi connectivity index (χ1) is 13.8. The third kappa shape index (κ3) is 5.08. The van der Waals surface area contributed by atoms with E-state index in [4.69, 9.17) is 26.6 Å². The predicted octanol–water partition coefficient (Wildman–Crippen LogP) is 5.01. The lowest BCUT2D eigenvalue weighted by molar-refractivity contribution is -0.0447. The molecule has 3 rings (SSSR count). The molecule has 2 aromatic carbocycles. The number of aliphatic hydroxyl groups is 2. The smallest absolute Gasteiger partial charge is 0.191 e. The molecule has 0 unspecified atom stereocenters. The van der Waals surface area contributed by atoms with Crippen molar-refractivity contribution in [1.82, 2.24) is 4.37 Å². The number of aryl methyl sites for hydroxylation is 2. The van der Waals surface area contributed by atoms with Gasteiger partial charge in [-0.3, -0.25) is 0 Å². The number of halogens is 4. The molecule has 0 fully saturated rings. The fourth-order valence-corrected chi connectivity index (χ4v) is 3.89. The lowest BCUT2D eigenvalue weighted by Gasteiger charge is -2.12. The van der Waals surface area contributed by atoms with Crippen LogP contribution < -0.4 is 4.74 Å². The molecule has 0 bridgehead atoms. The van der Waals surface area contributed by atoms with E-state index < -0.39 is 29.5 Å². The van der Waals surface area contributed by atoms with Crippen molar-refractivity contribution in [3.8, 4) is 16.2 Å². The molecule has 0 atom stereocenters. The van der Waals surface area contributed by atoms with E-state index in [1.807, 2.05) is 0 Å². The highest BCUT2D eigenvalue weighted by molar-refractivity contribution is 7.10. The predicted molar refractivity (Wildman–Crippen MR) is 104 cm³/mol. The Morgan fingerprint density at radius 3 is 2.41 bits per heavy atom. The highest BCUT2D eigenvalue weighted by atomic mass is 35.5. The van der Waals surface area contributed by atoms with E-state index >= 15 is 0 Å². The van der Waals surface area contributed by atoms with E-state index in [1.165, 1.54) is 6.07 Å². The van der Waals surface area contributed by atoms with Gasteiger partial charge in [0.25, 0.3) is 0 Å². The molecule has 0 aliphatic rings. The van der Waals surface area contributed by atoms with Crippen LogP contribution in [0.15, 0.2) is 30.3 Å². The van der Waals surface area contributed by atoms with Crippen LogP contribution in [0.3, 0.4) is 0 Å². The molecule has 0 spiro atoms. The molecule has 0 aliphatic carbocycles. The van der Waals surface area contributed by atoms with Gasteiger partial charge in [-0.05, 0) is 54.2 Å². The Morgan fingerprint density at radius 1 is 1.10 bits per heavy atom. The number of nitrogens with zero attached hydrogens (tertiary/aromatic N) is 1. The van der Waals surface area contributed by atoms with Gasteiger partial charge in [-0.1, -0.05) is 23.7 Å². The summed E-state index contributed by atoms with van der Waals surface area (Å²) in [5.74, 6) is -2.93. The molecular weight excluding hydrogens is 427 g/mol. The van der Waals surface area contributed by atoms with E-state index in [0.717, 1.165) is 29.2 Å². The summed E-state index contributed by atoms with van der Waals surface area (Å²) in [6.07, 6.45) is -1.53. The SMILES string of the molecule is Cc1ccc(-c2snc(Cl)c2COc2c(F)cc(CCC(O)O)cc2F)c(F)c1. The van der Waals surface area contributed by atoms with E-state index in [-0.39, 0.29) is 35.7 Å². The standard InChI is InChI=1S/C20H17ClF3NO3S/c1-10-2-4-12(14(22)6-10)19-13(20(21)25-29-19)9-28-18-15(23)7-11(8-16(18)24)3-5-17(26)27/h2,4,6-8,17,26-27H,3,5,9H2,1H3. The molecule has 1 aromatic heterocycles. The zero-order valence-electron chi connectivity index (χ0n) is 15.3. The number of ether oxygens (including phenoxy) is 1. The molecule has 0 aliphatic heterocycles. The summed E-state index contributed by atoms with van der Waals surface area (Å²) < 4.78 is 52.2. The maximum atomic E-state index is 14.3. The number of aliphatic hydroxyl groups excluding tert-OH is 1. The Hall–Kier alpha value is -2.13. The monoisotopic (exact) mass is 443 g/mol. The summed E-state index contributed by atoms with van der Waals surface area (Å²) in [6, 6.07) is 6.82. The summed E-state index contributed by atoms with van der Waals surface area (Å²) in [6.45, 7) is 1.45. The van der Waals surface area contributed by atoms with Crippen LogP contribution in [-0.4, -0.2) is 20.9 Å². The summed E-state index contributed by atoms with van der Waals surface area (Å²) in [5, 5.41) is 17.8. The zero-order valence-corrected chi connectivity index (χ0v) is 16.8. The maximum Gasteiger partial charge on any atom is 0.191 e. The first kappa shape index (κ1) is 21.6. The number of aromatic nitrogens is 1. The molecular formula is C20H17ClF3NO3S. The van der Waals surface area contributed by atoms with Crippen LogP contribution in [0.25, 0.3) is 10.4 Å². The van der Waals surface area contributed by atoms with Crippen molar-refractivity contribution in [2.45, 2.75) is 32.7 Å². The van der Waals surface area contributed by atoms with Crippen LogP contribution in [0.1, 0.15) is 23.1 Å². The number of benzene rings is 2. The summed E-state index contributed by atoms with van der Waals surface area (Å²) >= 11 is 7.05. The van der Waals surface area contributed by atoms with Crippen molar-refractivity contribution in [3.05, 3.63) is 69.6 Å². The normalized spacial score (nSPS) is 11.3. The Labute approximate surface area is 174 Å². The molecule has 1 heterocycles. The molecule has 0 saturated carbocycles. The lowest BCUT2D eigenvalue weighted by Crippen LogP contribution is -2.06. The highest BCUT2D eigenvalue weighted by Crippen LogP contribution is 2.36. The van der Waals surface area contributed by atoms with Crippen LogP contribution in [0.4, 0.5) is 13.2 Å². The summed E-state index contributed by atoms with van der Waals surface area (Å²) in [4.78, 5) is 0.418. The van der Waals surface area contributed by atoms with Crippen LogP contribution in [0, 0.1) is 24.4 Å². The highest BCUT2D eigenvalue weighted by Gasteiger charge is 2.20. The quantitative estimate of drug-likeness (QED) is 0.504. The molecule has 154 valence electrons. The van der Waals surface area contributed by atoms with Crippen molar-refractivity contribution in [3.63, 3.8) is 0 Å². The largest absolute Gasteiger partial charge is 0.483 e. The van der Waals surface area contributed by atoms with E-state index in [0.29, 0.717) is 10.4 Å². The van der Waals surface area contributed by atoms with Crippen molar-refractivity contribution in [2.75, 3.05) is 0 Å². The molecule has 0 saturated heterocycles. The average molecular weight is 444 g/mol. The maximum absolute atomic E-state index is 14.3. The van der Waals surface area contributed by atoms with Gasteiger partial charge in [0.1, 0.15) is 17.6 Å². The molecule has 0 radical (unpaired) electrons. The second kappa shape index (κ2) is 9.13. The fourth-order valence-electron chi connectivity index (χ4n) is 2.77.